The van der Waals surface area contributed by atoms with Crippen LogP contribution in [0.15, 0.2) is 193 Å². The average molecular weight is 883 g/mol. The van der Waals surface area contributed by atoms with E-state index >= 15 is 0 Å². The molecule has 10 rings (SSSR count). The molecule has 64 heavy (non-hydrogen) atoms. The Hall–Kier alpha value is -6.62. The van der Waals surface area contributed by atoms with E-state index < -0.39 is 0 Å². The van der Waals surface area contributed by atoms with Gasteiger partial charge in [-0.1, -0.05) is 134 Å². The maximum Gasteiger partial charge on any atom is 0.251 e. The first-order valence-electron chi connectivity index (χ1n) is 21.5. The first kappa shape index (κ1) is 42.7. The van der Waals surface area contributed by atoms with Crippen LogP contribution in [0.4, 0.5) is 20.2 Å². The molecular formula is C54H44F2N4O2S2. The lowest BCUT2D eigenvalue weighted by Gasteiger charge is -2.24. The number of rotatable bonds is 8. The van der Waals surface area contributed by atoms with Crippen LogP contribution in [0.5, 0.6) is 0 Å². The molecule has 318 valence electrons. The SMILES string of the molecule is O=C(NCc1ccc(F)cc1)c1ccc2c(c1)N=C(C1CCCCC1)c1ccccc1S2.O=C(NCc1ccc(F)cc1)c1ccc2c(c1)N=C(c1ccccc1)c1ccccc1S2. The molecule has 1 fully saturated rings. The van der Waals surface area contributed by atoms with Crippen LogP contribution >= 0.6 is 23.5 Å². The van der Waals surface area contributed by atoms with Crippen molar-refractivity contribution in [2.45, 2.75) is 64.8 Å². The van der Waals surface area contributed by atoms with Gasteiger partial charge in [0, 0.05) is 66.4 Å². The Kier molecular flexibility index (Phi) is 13.2. The number of amides is 2. The fourth-order valence-electron chi connectivity index (χ4n) is 8.07. The topological polar surface area (TPSA) is 82.9 Å². The fraction of sp³-hybridized carbons (Fsp3) is 0.148. The number of nitrogens with one attached hydrogen (secondary N) is 2. The zero-order chi connectivity index (χ0) is 43.8. The minimum atomic E-state index is -0.295. The van der Waals surface area contributed by atoms with Gasteiger partial charge in [-0.15, -0.1) is 0 Å². The lowest BCUT2D eigenvalue weighted by atomic mass is 9.83. The zero-order valence-electron chi connectivity index (χ0n) is 34.9. The average Bonchev–Trinajstić information content (AvgIpc) is 3.62. The van der Waals surface area contributed by atoms with E-state index in [0.717, 1.165) is 59.7 Å². The van der Waals surface area contributed by atoms with Gasteiger partial charge in [-0.3, -0.25) is 14.6 Å². The molecule has 3 aliphatic rings. The summed E-state index contributed by atoms with van der Waals surface area (Å²) in [6.45, 7) is 0.682. The second kappa shape index (κ2) is 19.8. The van der Waals surface area contributed by atoms with E-state index in [4.69, 9.17) is 9.98 Å². The van der Waals surface area contributed by atoms with Gasteiger partial charge in [-0.2, -0.15) is 0 Å². The number of carbonyl (C=O) groups is 2. The van der Waals surface area contributed by atoms with Crippen molar-refractivity contribution >= 4 is 58.1 Å². The largest absolute Gasteiger partial charge is 0.348 e. The highest BCUT2D eigenvalue weighted by molar-refractivity contribution is 7.99. The van der Waals surface area contributed by atoms with Crippen molar-refractivity contribution in [2.24, 2.45) is 15.9 Å². The molecule has 2 N–H and O–H groups in total. The molecule has 2 aliphatic heterocycles. The minimum Gasteiger partial charge on any atom is -0.348 e. The number of aliphatic imine (C=N–C) groups is 2. The van der Waals surface area contributed by atoms with Crippen LogP contribution in [-0.4, -0.2) is 23.2 Å². The van der Waals surface area contributed by atoms with Gasteiger partial charge < -0.3 is 10.6 Å². The number of hydrogen-bond acceptors (Lipinski definition) is 6. The van der Waals surface area contributed by atoms with Crippen molar-refractivity contribution in [3.8, 4) is 0 Å². The second-order valence-corrected chi connectivity index (χ2v) is 18.0. The van der Waals surface area contributed by atoms with Crippen LogP contribution in [0.1, 0.15) is 80.6 Å². The van der Waals surface area contributed by atoms with E-state index in [1.165, 1.54) is 66.8 Å². The summed E-state index contributed by atoms with van der Waals surface area (Å²) in [6.07, 6.45) is 6.14. The van der Waals surface area contributed by atoms with Crippen LogP contribution in [0.25, 0.3) is 0 Å². The van der Waals surface area contributed by atoms with E-state index in [9.17, 15) is 18.4 Å². The molecule has 7 aromatic rings. The number of hydrogen-bond donors (Lipinski definition) is 2. The van der Waals surface area contributed by atoms with Crippen LogP contribution < -0.4 is 10.6 Å². The highest BCUT2D eigenvalue weighted by Gasteiger charge is 2.26. The van der Waals surface area contributed by atoms with Gasteiger partial charge in [0.25, 0.3) is 11.8 Å². The maximum absolute atomic E-state index is 13.1. The molecule has 10 heteroatoms. The van der Waals surface area contributed by atoms with Crippen LogP contribution in [0, 0.1) is 17.6 Å². The van der Waals surface area contributed by atoms with E-state index in [1.54, 1.807) is 47.8 Å². The standard InChI is InChI=1S/C27H25FN2OS.C27H19FN2OS/c2*28-21-13-10-18(11-14-21)17-29-27(31)20-12-15-25-23(16-20)30-26(19-6-2-1-3-7-19)22-8-4-5-9-24(22)32-25/h4-5,8-16,19H,1-3,6-7,17H2,(H,29,31);1-16H,17H2,(H,29,31). The molecule has 0 unspecified atom stereocenters. The number of benzene rings is 7. The molecule has 1 aliphatic carbocycles. The summed E-state index contributed by atoms with van der Waals surface area (Å²) in [6, 6.07) is 50.4. The Labute approximate surface area is 380 Å². The summed E-state index contributed by atoms with van der Waals surface area (Å²) in [4.78, 5) is 40.2. The van der Waals surface area contributed by atoms with Gasteiger partial charge in [0.05, 0.1) is 22.8 Å². The fourth-order valence-corrected chi connectivity index (χ4v) is 10.1. The van der Waals surface area contributed by atoms with Gasteiger partial charge in [0.1, 0.15) is 11.6 Å². The third-order valence-corrected chi connectivity index (χ3v) is 13.7. The molecule has 0 spiro atoms. The zero-order valence-corrected chi connectivity index (χ0v) is 36.5. The summed E-state index contributed by atoms with van der Waals surface area (Å²) in [5.74, 6) is -0.460. The van der Waals surface area contributed by atoms with Gasteiger partial charge in [-0.25, -0.2) is 13.8 Å². The third kappa shape index (κ3) is 10.1. The van der Waals surface area contributed by atoms with Gasteiger partial charge in [0.2, 0.25) is 0 Å². The highest BCUT2D eigenvalue weighted by Crippen LogP contribution is 2.44. The molecule has 6 nitrogen and oxygen atoms in total. The predicted octanol–water partition coefficient (Wildman–Crippen LogP) is 13.3. The van der Waals surface area contributed by atoms with Gasteiger partial charge in [0.15, 0.2) is 0 Å². The summed E-state index contributed by atoms with van der Waals surface area (Å²) in [5.41, 5.74) is 9.82. The van der Waals surface area contributed by atoms with Crippen molar-refractivity contribution in [1.29, 1.82) is 0 Å². The molecule has 1 saturated carbocycles. The molecule has 7 aromatic carbocycles. The molecule has 0 bridgehead atoms. The normalized spacial score (nSPS) is 14.0. The van der Waals surface area contributed by atoms with Crippen molar-refractivity contribution in [3.63, 3.8) is 0 Å². The molecule has 0 aromatic heterocycles. The summed E-state index contributed by atoms with van der Waals surface area (Å²) < 4.78 is 26.2. The predicted molar refractivity (Wildman–Crippen MR) is 254 cm³/mol. The lowest BCUT2D eigenvalue weighted by molar-refractivity contribution is 0.0943. The molecule has 0 radical (unpaired) electrons. The highest BCUT2D eigenvalue weighted by atomic mass is 32.2. The Morgan fingerprint density at radius 2 is 1.00 bits per heavy atom. The van der Waals surface area contributed by atoms with Crippen molar-refractivity contribution < 1.29 is 18.4 Å². The second-order valence-electron chi connectivity index (χ2n) is 15.8. The third-order valence-electron chi connectivity index (χ3n) is 11.4. The number of halogens is 2. The van der Waals surface area contributed by atoms with Gasteiger partial charge >= 0.3 is 0 Å². The maximum atomic E-state index is 13.1. The lowest BCUT2D eigenvalue weighted by Crippen LogP contribution is -2.22. The van der Waals surface area contributed by atoms with Crippen molar-refractivity contribution in [1.82, 2.24) is 10.6 Å². The quantitative estimate of drug-likeness (QED) is 0.159. The summed E-state index contributed by atoms with van der Waals surface area (Å²) in [5, 5.41) is 5.83. The Balaban J connectivity index is 0.000000162. The Morgan fingerprint density at radius 1 is 0.516 bits per heavy atom. The molecule has 0 saturated heterocycles. The number of fused-ring (bicyclic) bond motifs is 4. The minimum absolute atomic E-state index is 0.154. The van der Waals surface area contributed by atoms with E-state index in [1.807, 2.05) is 78.9 Å². The molecule has 2 heterocycles. The van der Waals surface area contributed by atoms with Crippen LogP contribution in [-0.2, 0) is 13.1 Å². The molecular weight excluding hydrogens is 839 g/mol. The van der Waals surface area contributed by atoms with E-state index in [-0.39, 0.29) is 23.4 Å². The first-order valence-corrected chi connectivity index (χ1v) is 23.1. The number of nitrogens with zero attached hydrogens (tertiary/aromatic N) is 2. The summed E-state index contributed by atoms with van der Waals surface area (Å²) >= 11 is 3.37. The first-order chi connectivity index (χ1) is 31.3. The molecule has 2 amide bonds. The van der Waals surface area contributed by atoms with Crippen molar-refractivity contribution in [3.05, 3.63) is 214 Å². The van der Waals surface area contributed by atoms with E-state index in [0.29, 0.717) is 30.1 Å². The van der Waals surface area contributed by atoms with Gasteiger partial charge in [-0.05, 0) is 96.8 Å². The Bertz CT molecular complexity index is 2880. The van der Waals surface area contributed by atoms with E-state index in [2.05, 4.69) is 47.0 Å². The monoisotopic (exact) mass is 882 g/mol. The van der Waals surface area contributed by atoms with Crippen LogP contribution in [0.3, 0.4) is 0 Å². The van der Waals surface area contributed by atoms with Crippen LogP contribution in [0.2, 0.25) is 0 Å². The molecule has 0 atom stereocenters. The number of carbonyl (C=O) groups excluding carboxylic acids is 2. The smallest absolute Gasteiger partial charge is 0.251 e. The van der Waals surface area contributed by atoms with Crippen molar-refractivity contribution in [2.75, 3.05) is 0 Å². The summed E-state index contributed by atoms with van der Waals surface area (Å²) in [7, 11) is 0. The Morgan fingerprint density at radius 3 is 1.56 bits per heavy atom.